The molecule has 4 heteroatoms. The van der Waals surface area contributed by atoms with Gasteiger partial charge in [-0.1, -0.05) is 30.3 Å². The standard InChI is InChI=1S/C19H17N3O/c20-13-16-3-1-2-4-18(16)19(23)22-17-7-5-14(6-8-17)15-9-11-21-12-10-15/h1-12H,13,20H2,(H,22,23). The highest BCUT2D eigenvalue weighted by Crippen LogP contribution is 2.21. The van der Waals surface area contributed by atoms with E-state index in [2.05, 4.69) is 10.3 Å². The fourth-order valence-corrected chi connectivity index (χ4v) is 2.41. The van der Waals surface area contributed by atoms with Gasteiger partial charge < -0.3 is 11.1 Å². The van der Waals surface area contributed by atoms with Gasteiger partial charge in [-0.15, -0.1) is 0 Å². The predicted octanol–water partition coefficient (Wildman–Crippen LogP) is 3.46. The Kier molecular flexibility index (Phi) is 4.45. The lowest BCUT2D eigenvalue weighted by Crippen LogP contribution is -2.15. The minimum absolute atomic E-state index is 0.150. The van der Waals surface area contributed by atoms with Crippen LogP contribution >= 0.6 is 0 Å². The molecule has 3 aromatic rings. The molecule has 0 aliphatic carbocycles. The average molecular weight is 303 g/mol. The predicted molar refractivity (Wildman–Crippen MR) is 92.0 cm³/mol. The largest absolute Gasteiger partial charge is 0.326 e. The van der Waals surface area contributed by atoms with Crippen LogP contribution in [0.5, 0.6) is 0 Å². The Bertz CT molecular complexity index is 798. The van der Waals surface area contributed by atoms with Crippen LogP contribution in [0.4, 0.5) is 5.69 Å². The van der Waals surface area contributed by atoms with Crippen LogP contribution in [0.15, 0.2) is 73.1 Å². The number of carbonyl (C=O) groups excluding carboxylic acids is 1. The van der Waals surface area contributed by atoms with Gasteiger partial charge in [-0.05, 0) is 47.0 Å². The van der Waals surface area contributed by atoms with Gasteiger partial charge in [0.2, 0.25) is 0 Å². The van der Waals surface area contributed by atoms with Gasteiger partial charge in [-0.3, -0.25) is 9.78 Å². The SMILES string of the molecule is NCc1ccccc1C(=O)Nc1ccc(-c2ccncc2)cc1. The number of hydrogen-bond acceptors (Lipinski definition) is 3. The quantitative estimate of drug-likeness (QED) is 0.775. The molecular weight excluding hydrogens is 286 g/mol. The van der Waals surface area contributed by atoms with Crippen molar-refractivity contribution in [2.24, 2.45) is 5.73 Å². The lowest BCUT2D eigenvalue weighted by molar-refractivity contribution is 0.102. The lowest BCUT2D eigenvalue weighted by atomic mass is 10.1. The van der Waals surface area contributed by atoms with Crippen LogP contribution in [0.1, 0.15) is 15.9 Å². The highest BCUT2D eigenvalue weighted by Gasteiger charge is 2.10. The molecule has 0 saturated carbocycles. The molecule has 3 N–H and O–H groups in total. The Morgan fingerprint density at radius 1 is 0.913 bits per heavy atom. The van der Waals surface area contributed by atoms with Crippen molar-refractivity contribution >= 4 is 11.6 Å². The number of nitrogens with two attached hydrogens (primary N) is 1. The highest BCUT2D eigenvalue weighted by atomic mass is 16.1. The van der Waals surface area contributed by atoms with Crippen molar-refractivity contribution < 1.29 is 4.79 Å². The zero-order valence-electron chi connectivity index (χ0n) is 12.6. The summed E-state index contributed by atoms with van der Waals surface area (Å²) in [5, 5.41) is 2.90. The number of anilines is 1. The van der Waals surface area contributed by atoms with Gasteiger partial charge >= 0.3 is 0 Å². The molecule has 4 nitrogen and oxygen atoms in total. The number of carbonyl (C=O) groups is 1. The molecule has 0 aliphatic heterocycles. The van der Waals surface area contributed by atoms with E-state index in [1.807, 2.05) is 54.6 Å². The molecule has 1 aromatic heterocycles. The smallest absolute Gasteiger partial charge is 0.255 e. The summed E-state index contributed by atoms with van der Waals surface area (Å²) in [5.74, 6) is -0.150. The summed E-state index contributed by atoms with van der Waals surface area (Å²) < 4.78 is 0. The average Bonchev–Trinajstić information content (AvgIpc) is 2.63. The summed E-state index contributed by atoms with van der Waals surface area (Å²) in [6.45, 7) is 0.338. The van der Waals surface area contributed by atoms with E-state index < -0.39 is 0 Å². The molecule has 0 aliphatic rings. The van der Waals surface area contributed by atoms with Crippen molar-refractivity contribution in [3.8, 4) is 11.1 Å². The van der Waals surface area contributed by atoms with Crippen molar-refractivity contribution in [2.75, 3.05) is 5.32 Å². The van der Waals surface area contributed by atoms with Gasteiger partial charge in [0.25, 0.3) is 5.91 Å². The number of rotatable bonds is 4. The van der Waals surface area contributed by atoms with Crippen LogP contribution in [-0.4, -0.2) is 10.9 Å². The Morgan fingerprint density at radius 2 is 1.57 bits per heavy atom. The monoisotopic (exact) mass is 303 g/mol. The van der Waals surface area contributed by atoms with E-state index in [9.17, 15) is 4.79 Å². The van der Waals surface area contributed by atoms with Crippen molar-refractivity contribution in [3.05, 3.63) is 84.2 Å². The second-order valence-electron chi connectivity index (χ2n) is 5.13. The number of hydrogen-bond donors (Lipinski definition) is 2. The summed E-state index contributed by atoms with van der Waals surface area (Å²) in [7, 11) is 0. The van der Waals surface area contributed by atoms with Gasteiger partial charge in [0.05, 0.1) is 0 Å². The van der Waals surface area contributed by atoms with Crippen LogP contribution in [0.3, 0.4) is 0 Å². The van der Waals surface area contributed by atoms with Crippen LogP contribution in [0.2, 0.25) is 0 Å². The highest BCUT2D eigenvalue weighted by molar-refractivity contribution is 6.05. The zero-order chi connectivity index (χ0) is 16.1. The van der Waals surface area contributed by atoms with Gasteiger partial charge in [-0.25, -0.2) is 0 Å². The second-order valence-corrected chi connectivity index (χ2v) is 5.13. The van der Waals surface area contributed by atoms with Crippen molar-refractivity contribution in [1.29, 1.82) is 0 Å². The molecule has 0 atom stereocenters. The van der Waals surface area contributed by atoms with Gasteiger partial charge in [0, 0.05) is 30.2 Å². The molecule has 3 rings (SSSR count). The molecule has 1 amide bonds. The zero-order valence-corrected chi connectivity index (χ0v) is 12.6. The first-order valence-electron chi connectivity index (χ1n) is 7.38. The minimum atomic E-state index is -0.150. The summed E-state index contributed by atoms with van der Waals surface area (Å²) in [5.41, 5.74) is 10.0. The first-order valence-corrected chi connectivity index (χ1v) is 7.38. The Balaban J connectivity index is 1.77. The van der Waals surface area contributed by atoms with Crippen LogP contribution < -0.4 is 11.1 Å². The summed E-state index contributed by atoms with van der Waals surface area (Å²) in [6.07, 6.45) is 3.52. The molecule has 0 radical (unpaired) electrons. The van der Waals surface area contributed by atoms with Crippen LogP contribution in [0.25, 0.3) is 11.1 Å². The number of aromatic nitrogens is 1. The van der Waals surface area contributed by atoms with E-state index in [0.717, 1.165) is 22.4 Å². The van der Waals surface area contributed by atoms with Crippen molar-refractivity contribution in [2.45, 2.75) is 6.54 Å². The maximum atomic E-state index is 12.4. The number of nitrogens with zero attached hydrogens (tertiary/aromatic N) is 1. The maximum Gasteiger partial charge on any atom is 0.255 e. The molecule has 0 fully saturated rings. The van der Waals surface area contributed by atoms with E-state index in [4.69, 9.17) is 5.73 Å². The van der Waals surface area contributed by atoms with E-state index in [-0.39, 0.29) is 5.91 Å². The molecular formula is C19H17N3O. The molecule has 0 saturated heterocycles. The fourth-order valence-electron chi connectivity index (χ4n) is 2.41. The Morgan fingerprint density at radius 3 is 2.26 bits per heavy atom. The summed E-state index contributed by atoms with van der Waals surface area (Å²) in [4.78, 5) is 16.4. The molecule has 0 spiro atoms. The van der Waals surface area contributed by atoms with E-state index in [0.29, 0.717) is 12.1 Å². The molecule has 2 aromatic carbocycles. The molecule has 1 heterocycles. The fraction of sp³-hybridized carbons (Fsp3) is 0.0526. The van der Waals surface area contributed by atoms with E-state index in [1.54, 1.807) is 18.5 Å². The number of pyridine rings is 1. The van der Waals surface area contributed by atoms with Gasteiger partial charge in [0.1, 0.15) is 0 Å². The second kappa shape index (κ2) is 6.85. The summed E-state index contributed by atoms with van der Waals surface area (Å²) in [6, 6.07) is 19.0. The Labute approximate surface area is 135 Å². The third kappa shape index (κ3) is 3.44. The minimum Gasteiger partial charge on any atom is -0.326 e. The lowest BCUT2D eigenvalue weighted by Gasteiger charge is -2.09. The van der Waals surface area contributed by atoms with Crippen LogP contribution in [-0.2, 0) is 6.54 Å². The molecule has 0 unspecified atom stereocenters. The topological polar surface area (TPSA) is 68.0 Å². The van der Waals surface area contributed by atoms with Gasteiger partial charge in [-0.2, -0.15) is 0 Å². The van der Waals surface area contributed by atoms with E-state index >= 15 is 0 Å². The van der Waals surface area contributed by atoms with Crippen molar-refractivity contribution in [1.82, 2.24) is 4.98 Å². The maximum absolute atomic E-state index is 12.4. The van der Waals surface area contributed by atoms with E-state index in [1.165, 1.54) is 0 Å². The first-order chi connectivity index (χ1) is 11.3. The number of amides is 1. The number of benzene rings is 2. The third-order valence-electron chi connectivity index (χ3n) is 3.64. The van der Waals surface area contributed by atoms with Crippen LogP contribution in [0, 0.1) is 0 Å². The van der Waals surface area contributed by atoms with Crippen molar-refractivity contribution in [3.63, 3.8) is 0 Å². The molecule has 23 heavy (non-hydrogen) atoms. The summed E-state index contributed by atoms with van der Waals surface area (Å²) >= 11 is 0. The Hall–Kier alpha value is -2.98. The van der Waals surface area contributed by atoms with Gasteiger partial charge in [0.15, 0.2) is 0 Å². The number of nitrogens with one attached hydrogen (secondary N) is 1. The molecule has 0 bridgehead atoms. The first kappa shape index (κ1) is 14.9. The molecule has 114 valence electrons. The normalized spacial score (nSPS) is 10.3. The third-order valence-corrected chi connectivity index (χ3v) is 3.64.